The van der Waals surface area contributed by atoms with E-state index in [-0.39, 0.29) is 0 Å². The maximum absolute atomic E-state index is 5.84. The van der Waals surface area contributed by atoms with Gasteiger partial charge in [-0.15, -0.1) is 0 Å². The first-order valence-electron chi connectivity index (χ1n) is 6.87. The summed E-state index contributed by atoms with van der Waals surface area (Å²) in [6, 6.07) is 0.578. The molecule has 3 nitrogen and oxygen atoms in total. The van der Waals surface area contributed by atoms with Crippen molar-refractivity contribution >= 4 is 0 Å². The Kier molecular flexibility index (Phi) is 4.62. The minimum atomic E-state index is 0.397. The summed E-state index contributed by atoms with van der Waals surface area (Å²) in [5.74, 6) is 0.934. The van der Waals surface area contributed by atoms with E-state index in [1.54, 1.807) is 0 Å². The molecule has 3 atom stereocenters. The molecular weight excluding hydrogens is 200 g/mol. The fourth-order valence-corrected chi connectivity index (χ4v) is 3.01. The smallest absolute Gasteiger partial charge is 0.0852 e. The van der Waals surface area contributed by atoms with Crippen LogP contribution in [0.4, 0.5) is 0 Å². The second-order valence-corrected chi connectivity index (χ2v) is 5.29. The molecule has 2 heterocycles. The van der Waals surface area contributed by atoms with E-state index in [2.05, 4.69) is 24.1 Å². The molecule has 0 amide bonds. The van der Waals surface area contributed by atoms with Gasteiger partial charge in [-0.25, -0.2) is 0 Å². The zero-order valence-corrected chi connectivity index (χ0v) is 10.7. The van der Waals surface area contributed by atoms with Crippen molar-refractivity contribution in [2.45, 2.75) is 45.3 Å². The Labute approximate surface area is 99.5 Å². The molecule has 1 N–H and O–H groups in total. The average Bonchev–Trinajstić information content (AvgIpc) is 2.78. The Balaban J connectivity index is 1.78. The molecule has 0 aromatic heterocycles. The number of ether oxygens (including phenoxy) is 1. The molecule has 2 aliphatic heterocycles. The highest BCUT2D eigenvalue weighted by Crippen LogP contribution is 2.24. The second kappa shape index (κ2) is 5.99. The lowest BCUT2D eigenvalue weighted by Gasteiger charge is -2.34. The van der Waals surface area contributed by atoms with Crippen LogP contribution in [0.5, 0.6) is 0 Å². The molecule has 0 aromatic rings. The van der Waals surface area contributed by atoms with Gasteiger partial charge >= 0.3 is 0 Å². The van der Waals surface area contributed by atoms with Gasteiger partial charge in [0.05, 0.1) is 12.7 Å². The summed E-state index contributed by atoms with van der Waals surface area (Å²) in [5, 5.41) is 3.42. The number of nitrogens with zero attached hydrogens (tertiary/aromatic N) is 1. The standard InChI is InChI=1S/C13H26N2O/c1-3-4-12-5-7-15(10-12)11(2)13-9-14-6-8-16-13/h11-14H,3-10H2,1-2H3. The Hall–Kier alpha value is -0.120. The van der Waals surface area contributed by atoms with Gasteiger partial charge in [0, 0.05) is 25.7 Å². The minimum absolute atomic E-state index is 0.397. The van der Waals surface area contributed by atoms with E-state index in [9.17, 15) is 0 Å². The predicted octanol–water partition coefficient (Wildman–Crippen LogP) is 1.49. The lowest BCUT2D eigenvalue weighted by Crippen LogP contribution is -2.50. The first kappa shape index (κ1) is 12.3. The van der Waals surface area contributed by atoms with Gasteiger partial charge < -0.3 is 10.1 Å². The zero-order chi connectivity index (χ0) is 11.4. The maximum Gasteiger partial charge on any atom is 0.0852 e. The van der Waals surface area contributed by atoms with Gasteiger partial charge in [-0.3, -0.25) is 4.90 Å². The summed E-state index contributed by atoms with van der Waals surface area (Å²) in [4.78, 5) is 2.62. The minimum Gasteiger partial charge on any atom is -0.374 e. The highest BCUT2D eigenvalue weighted by molar-refractivity contribution is 4.85. The van der Waals surface area contributed by atoms with Crippen LogP contribution in [-0.2, 0) is 4.74 Å². The number of nitrogens with one attached hydrogen (secondary N) is 1. The number of morpholine rings is 1. The van der Waals surface area contributed by atoms with Gasteiger partial charge in [-0.1, -0.05) is 13.3 Å². The molecular formula is C13H26N2O. The molecule has 0 radical (unpaired) electrons. The Morgan fingerprint density at radius 2 is 2.38 bits per heavy atom. The third kappa shape index (κ3) is 2.96. The van der Waals surface area contributed by atoms with Crippen LogP contribution in [0.3, 0.4) is 0 Å². The van der Waals surface area contributed by atoms with Crippen LogP contribution in [0.2, 0.25) is 0 Å². The van der Waals surface area contributed by atoms with E-state index < -0.39 is 0 Å². The fourth-order valence-electron chi connectivity index (χ4n) is 3.01. The van der Waals surface area contributed by atoms with Crippen LogP contribution in [0.15, 0.2) is 0 Å². The summed E-state index contributed by atoms with van der Waals surface area (Å²) in [5.41, 5.74) is 0. The number of rotatable bonds is 4. The Morgan fingerprint density at radius 3 is 3.06 bits per heavy atom. The molecule has 2 saturated heterocycles. The lowest BCUT2D eigenvalue weighted by molar-refractivity contribution is -0.0214. The van der Waals surface area contributed by atoms with E-state index in [1.165, 1.54) is 32.4 Å². The normalized spacial score (nSPS) is 34.1. The molecule has 2 fully saturated rings. The molecule has 0 bridgehead atoms. The number of likely N-dealkylation sites (tertiary alicyclic amines) is 1. The number of hydrogen-bond donors (Lipinski definition) is 1. The third-order valence-electron chi connectivity index (χ3n) is 4.08. The molecule has 0 saturated carbocycles. The molecule has 3 heteroatoms. The first-order valence-corrected chi connectivity index (χ1v) is 6.87. The van der Waals surface area contributed by atoms with E-state index in [1.807, 2.05) is 0 Å². The highest BCUT2D eigenvalue weighted by atomic mass is 16.5. The van der Waals surface area contributed by atoms with Crippen molar-refractivity contribution in [2.75, 3.05) is 32.8 Å². The molecule has 0 spiro atoms. The topological polar surface area (TPSA) is 24.5 Å². The van der Waals surface area contributed by atoms with Crippen LogP contribution in [-0.4, -0.2) is 49.8 Å². The summed E-state index contributed by atoms with van der Waals surface area (Å²) >= 11 is 0. The van der Waals surface area contributed by atoms with Crippen molar-refractivity contribution in [3.8, 4) is 0 Å². The van der Waals surface area contributed by atoms with Crippen molar-refractivity contribution in [1.82, 2.24) is 10.2 Å². The largest absolute Gasteiger partial charge is 0.374 e. The molecule has 16 heavy (non-hydrogen) atoms. The summed E-state index contributed by atoms with van der Waals surface area (Å²) in [7, 11) is 0. The maximum atomic E-state index is 5.84. The third-order valence-corrected chi connectivity index (χ3v) is 4.08. The molecule has 3 unspecified atom stereocenters. The number of hydrogen-bond acceptors (Lipinski definition) is 3. The van der Waals surface area contributed by atoms with Gasteiger partial charge in [0.25, 0.3) is 0 Å². The second-order valence-electron chi connectivity index (χ2n) is 5.29. The molecule has 2 rings (SSSR count). The zero-order valence-electron chi connectivity index (χ0n) is 10.7. The van der Waals surface area contributed by atoms with Crippen LogP contribution < -0.4 is 5.32 Å². The highest BCUT2D eigenvalue weighted by Gasteiger charge is 2.31. The Bertz CT molecular complexity index is 204. The monoisotopic (exact) mass is 226 g/mol. The first-order chi connectivity index (χ1) is 7.81. The van der Waals surface area contributed by atoms with Gasteiger partial charge in [-0.05, 0) is 32.2 Å². The van der Waals surface area contributed by atoms with Gasteiger partial charge in [0.2, 0.25) is 0 Å². The van der Waals surface area contributed by atoms with Crippen LogP contribution in [0.25, 0.3) is 0 Å². The van der Waals surface area contributed by atoms with Crippen LogP contribution in [0, 0.1) is 5.92 Å². The van der Waals surface area contributed by atoms with E-state index >= 15 is 0 Å². The van der Waals surface area contributed by atoms with Gasteiger partial charge in [-0.2, -0.15) is 0 Å². The van der Waals surface area contributed by atoms with E-state index in [0.29, 0.717) is 12.1 Å². The van der Waals surface area contributed by atoms with Gasteiger partial charge in [0.15, 0.2) is 0 Å². The summed E-state index contributed by atoms with van der Waals surface area (Å²) in [6.07, 6.45) is 4.51. The fraction of sp³-hybridized carbons (Fsp3) is 1.00. The van der Waals surface area contributed by atoms with Crippen molar-refractivity contribution in [3.63, 3.8) is 0 Å². The van der Waals surface area contributed by atoms with Crippen molar-refractivity contribution in [3.05, 3.63) is 0 Å². The van der Waals surface area contributed by atoms with Crippen molar-refractivity contribution in [1.29, 1.82) is 0 Å². The molecule has 2 aliphatic rings. The summed E-state index contributed by atoms with van der Waals surface area (Å²) < 4.78 is 5.84. The van der Waals surface area contributed by atoms with Crippen molar-refractivity contribution < 1.29 is 4.74 Å². The van der Waals surface area contributed by atoms with E-state index in [0.717, 1.165) is 25.6 Å². The summed E-state index contributed by atoms with van der Waals surface area (Å²) in [6.45, 7) is 10.1. The van der Waals surface area contributed by atoms with E-state index in [4.69, 9.17) is 4.74 Å². The quantitative estimate of drug-likeness (QED) is 0.786. The Morgan fingerprint density at radius 1 is 1.50 bits per heavy atom. The molecule has 0 aromatic carbocycles. The molecule has 94 valence electrons. The average molecular weight is 226 g/mol. The molecule has 0 aliphatic carbocycles. The predicted molar refractivity (Wildman–Crippen MR) is 66.7 cm³/mol. The lowest BCUT2D eigenvalue weighted by atomic mass is 10.0. The van der Waals surface area contributed by atoms with Crippen LogP contribution in [0.1, 0.15) is 33.1 Å². The van der Waals surface area contributed by atoms with Crippen molar-refractivity contribution in [2.24, 2.45) is 5.92 Å². The SMILES string of the molecule is CCCC1CCN(C(C)C2CNCCO2)C1. The van der Waals surface area contributed by atoms with Gasteiger partial charge in [0.1, 0.15) is 0 Å². The van der Waals surface area contributed by atoms with Crippen LogP contribution >= 0.6 is 0 Å².